The lowest BCUT2D eigenvalue weighted by Crippen LogP contribution is -2.42. The SMILES string of the molecule is O=C(Cn1cc(/C=c2/sc3nc4ccccc4n3c2=O)c2ccccc21)N1CCOCC1. The number of amides is 1. The normalized spacial score (nSPS) is 15.4. The molecule has 6 rings (SSSR count). The molecule has 5 aromatic rings. The monoisotopic (exact) mass is 444 g/mol. The van der Waals surface area contributed by atoms with Crippen molar-refractivity contribution < 1.29 is 9.53 Å². The van der Waals surface area contributed by atoms with E-state index in [0.29, 0.717) is 35.8 Å². The van der Waals surface area contributed by atoms with Crippen LogP contribution in [0, 0.1) is 0 Å². The van der Waals surface area contributed by atoms with E-state index in [1.807, 2.05) is 70.3 Å². The van der Waals surface area contributed by atoms with E-state index >= 15 is 0 Å². The van der Waals surface area contributed by atoms with E-state index in [1.165, 1.54) is 11.3 Å². The summed E-state index contributed by atoms with van der Waals surface area (Å²) >= 11 is 1.38. The predicted octanol–water partition coefficient (Wildman–Crippen LogP) is 2.27. The highest BCUT2D eigenvalue weighted by atomic mass is 32.1. The number of rotatable bonds is 3. The number of para-hydroxylation sites is 3. The number of hydrogen-bond donors (Lipinski definition) is 0. The fourth-order valence-electron chi connectivity index (χ4n) is 4.33. The van der Waals surface area contributed by atoms with Crippen molar-refractivity contribution in [3.8, 4) is 0 Å². The number of hydrogen-bond acceptors (Lipinski definition) is 5. The van der Waals surface area contributed by atoms with Gasteiger partial charge in [0, 0.05) is 35.8 Å². The van der Waals surface area contributed by atoms with Gasteiger partial charge < -0.3 is 14.2 Å². The van der Waals surface area contributed by atoms with Crippen molar-refractivity contribution in [2.45, 2.75) is 6.54 Å². The van der Waals surface area contributed by atoms with Gasteiger partial charge in [0.1, 0.15) is 6.54 Å². The Morgan fingerprint density at radius 2 is 1.81 bits per heavy atom. The summed E-state index contributed by atoms with van der Waals surface area (Å²) in [5.74, 6) is 0.0752. The van der Waals surface area contributed by atoms with E-state index in [2.05, 4.69) is 4.98 Å². The highest BCUT2D eigenvalue weighted by Crippen LogP contribution is 2.23. The zero-order chi connectivity index (χ0) is 21.7. The molecule has 0 N–H and O–H groups in total. The van der Waals surface area contributed by atoms with Gasteiger partial charge in [-0.15, -0.1) is 0 Å². The number of fused-ring (bicyclic) bond motifs is 4. The van der Waals surface area contributed by atoms with Gasteiger partial charge in [-0.3, -0.25) is 9.59 Å². The second kappa shape index (κ2) is 7.58. The first-order chi connectivity index (χ1) is 15.7. The third-order valence-corrected chi connectivity index (χ3v) is 6.89. The Hall–Kier alpha value is -3.49. The van der Waals surface area contributed by atoms with Crippen LogP contribution in [0.25, 0.3) is 33.0 Å². The highest BCUT2D eigenvalue weighted by Gasteiger charge is 2.19. The Labute approximate surface area is 186 Å². The van der Waals surface area contributed by atoms with Crippen LogP contribution in [0.4, 0.5) is 0 Å². The first-order valence-corrected chi connectivity index (χ1v) is 11.4. The Morgan fingerprint density at radius 1 is 1.06 bits per heavy atom. The summed E-state index contributed by atoms with van der Waals surface area (Å²) in [6.07, 6.45) is 3.87. The van der Waals surface area contributed by atoms with Crippen LogP contribution in [-0.2, 0) is 16.1 Å². The number of carbonyl (C=O) groups excluding carboxylic acids is 1. The summed E-state index contributed by atoms with van der Waals surface area (Å²) in [4.78, 5) is 33.1. The molecule has 1 aliphatic rings. The maximum Gasteiger partial charge on any atom is 0.274 e. The van der Waals surface area contributed by atoms with E-state index in [0.717, 1.165) is 27.5 Å². The lowest BCUT2D eigenvalue weighted by molar-refractivity contribution is -0.135. The van der Waals surface area contributed by atoms with Crippen LogP contribution in [0.1, 0.15) is 5.56 Å². The van der Waals surface area contributed by atoms with E-state index in [-0.39, 0.29) is 18.0 Å². The van der Waals surface area contributed by atoms with Crippen molar-refractivity contribution in [1.82, 2.24) is 18.9 Å². The molecule has 0 atom stereocenters. The molecule has 32 heavy (non-hydrogen) atoms. The maximum atomic E-state index is 13.2. The van der Waals surface area contributed by atoms with Crippen LogP contribution in [0.3, 0.4) is 0 Å². The van der Waals surface area contributed by atoms with Crippen molar-refractivity contribution in [2.24, 2.45) is 0 Å². The molecule has 3 aromatic heterocycles. The highest BCUT2D eigenvalue weighted by molar-refractivity contribution is 7.15. The summed E-state index contributed by atoms with van der Waals surface area (Å²) in [5.41, 5.74) is 3.46. The van der Waals surface area contributed by atoms with Crippen molar-refractivity contribution in [1.29, 1.82) is 0 Å². The molecule has 0 radical (unpaired) electrons. The van der Waals surface area contributed by atoms with E-state index in [4.69, 9.17) is 4.74 Å². The van der Waals surface area contributed by atoms with Crippen LogP contribution in [0.2, 0.25) is 0 Å². The molecule has 0 aliphatic carbocycles. The minimum atomic E-state index is -0.0695. The minimum absolute atomic E-state index is 0.0695. The van der Waals surface area contributed by atoms with Crippen molar-refractivity contribution in [3.63, 3.8) is 0 Å². The lowest BCUT2D eigenvalue weighted by atomic mass is 10.2. The second-order valence-corrected chi connectivity index (χ2v) is 8.87. The Balaban J connectivity index is 1.44. The maximum absolute atomic E-state index is 13.2. The van der Waals surface area contributed by atoms with Crippen LogP contribution >= 0.6 is 11.3 Å². The van der Waals surface area contributed by atoms with Gasteiger partial charge in [-0.25, -0.2) is 9.38 Å². The summed E-state index contributed by atoms with van der Waals surface area (Å²) in [7, 11) is 0. The first kappa shape index (κ1) is 19.2. The lowest BCUT2D eigenvalue weighted by Gasteiger charge is -2.27. The Bertz CT molecular complexity index is 1590. The van der Waals surface area contributed by atoms with E-state index < -0.39 is 0 Å². The van der Waals surface area contributed by atoms with Gasteiger partial charge in [0.05, 0.1) is 28.8 Å². The van der Waals surface area contributed by atoms with Gasteiger partial charge in [0.2, 0.25) is 5.91 Å². The van der Waals surface area contributed by atoms with Crippen LogP contribution in [-0.4, -0.2) is 51.1 Å². The standard InChI is InChI=1S/C24H20N4O3S/c29-22(26-9-11-31-12-10-26)15-27-14-16(17-5-1-3-7-19(17)27)13-21-23(30)28-20-8-4-2-6-18(20)25-24(28)32-21/h1-8,13-14H,9-12,15H2/b21-13+. The number of thiazole rings is 1. The molecule has 1 aliphatic heterocycles. The average molecular weight is 445 g/mol. The van der Waals surface area contributed by atoms with Crippen LogP contribution < -0.4 is 10.1 Å². The van der Waals surface area contributed by atoms with Gasteiger partial charge in [0.25, 0.3) is 5.56 Å². The molecule has 4 heterocycles. The number of nitrogens with zero attached hydrogens (tertiary/aromatic N) is 4. The Morgan fingerprint density at radius 3 is 2.66 bits per heavy atom. The molecule has 8 heteroatoms. The van der Waals surface area contributed by atoms with Gasteiger partial charge >= 0.3 is 0 Å². The van der Waals surface area contributed by atoms with Crippen molar-refractivity contribution >= 4 is 50.2 Å². The first-order valence-electron chi connectivity index (χ1n) is 10.5. The molecule has 1 fully saturated rings. The number of imidazole rings is 1. The van der Waals surface area contributed by atoms with Gasteiger partial charge in [-0.1, -0.05) is 41.7 Å². The van der Waals surface area contributed by atoms with Crippen LogP contribution in [0.5, 0.6) is 0 Å². The molecule has 1 amide bonds. The molecule has 0 unspecified atom stereocenters. The van der Waals surface area contributed by atoms with Gasteiger partial charge in [-0.2, -0.15) is 0 Å². The molecule has 0 bridgehead atoms. The van der Waals surface area contributed by atoms with Gasteiger partial charge in [0.15, 0.2) is 4.96 Å². The van der Waals surface area contributed by atoms with Gasteiger partial charge in [-0.05, 0) is 24.3 Å². The summed E-state index contributed by atoms with van der Waals surface area (Å²) < 4.78 is 9.62. The summed E-state index contributed by atoms with van der Waals surface area (Å²) in [5, 5.41) is 1.01. The molecule has 0 saturated carbocycles. The number of carbonyl (C=O) groups is 1. The number of benzene rings is 2. The predicted molar refractivity (Wildman–Crippen MR) is 125 cm³/mol. The molecule has 160 valence electrons. The fraction of sp³-hybridized carbons (Fsp3) is 0.208. The molecular formula is C24H20N4O3S. The molecule has 7 nitrogen and oxygen atoms in total. The smallest absolute Gasteiger partial charge is 0.274 e. The Kier molecular flexibility index (Phi) is 4.55. The number of ether oxygens (including phenoxy) is 1. The zero-order valence-electron chi connectivity index (χ0n) is 17.2. The molecule has 1 saturated heterocycles. The number of aromatic nitrogens is 3. The third-order valence-electron chi connectivity index (χ3n) is 5.92. The molecule has 2 aromatic carbocycles. The quantitative estimate of drug-likeness (QED) is 0.428. The van der Waals surface area contributed by atoms with Crippen molar-refractivity contribution in [3.05, 3.63) is 75.2 Å². The molecular weight excluding hydrogens is 424 g/mol. The third kappa shape index (κ3) is 3.11. The molecule has 0 spiro atoms. The van der Waals surface area contributed by atoms with Crippen LogP contribution in [0.15, 0.2) is 59.5 Å². The minimum Gasteiger partial charge on any atom is -0.378 e. The summed E-state index contributed by atoms with van der Waals surface area (Å²) in [6, 6.07) is 15.6. The zero-order valence-corrected chi connectivity index (χ0v) is 18.0. The summed E-state index contributed by atoms with van der Waals surface area (Å²) in [6.45, 7) is 2.67. The topological polar surface area (TPSA) is 68.8 Å². The second-order valence-electron chi connectivity index (χ2n) is 7.86. The van der Waals surface area contributed by atoms with E-state index in [9.17, 15) is 9.59 Å². The van der Waals surface area contributed by atoms with Crippen molar-refractivity contribution in [2.75, 3.05) is 26.3 Å². The van der Waals surface area contributed by atoms with E-state index in [1.54, 1.807) is 4.40 Å². The fourth-order valence-corrected chi connectivity index (χ4v) is 5.31. The number of morpholine rings is 1. The largest absolute Gasteiger partial charge is 0.378 e. The average Bonchev–Trinajstić information content (AvgIpc) is 3.46.